The first-order valence-corrected chi connectivity index (χ1v) is 7.36. The Morgan fingerprint density at radius 2 is 2.16 bits per heavy atom. The van der Waals surface area contributed by atoms with Crippen molar-refractivity contribution in [3.05, 3.63) is 0 Å². The van der Waals surface area contributed by atoms with Crippen molar-refractivity contribution in [1.82, 2.24) is 15.5 Å². The van der Waals surface area contributed by atoms with Gasteiger partial charge in [0.1, 0.15) is 0 Å². The van der Waals surface area contributed by atoms with E-state index in [1.165, 1.54) is 0 Å². The molecule has 19 heavy (non-hydrogen) atoms. The molecule has 5 nitrogen and oxygen atoms in total. The summed E-state index contributed by atoms with van der Waals surface area (Å²) in [6.07, 6.45) is 3.38. The molecule has 0 spiro atoms. The summed E-state index contributed by atoms with van der Waals surface area (Å²) in [5.74, 6) is 0.901. The molecule has 1 atom stereocenters. The lowest BCUT2D eigenvalue weighted by Gasteiger charge is -2.21. The van der Waals surface area contributed by atoms with Gasteiger partial charge < -0.3 is 20.3 Å². The molecule has 1 heterocycles. The van der Waals surface area contributed by atoms with Crippen LogP contribution in [0, 0.1) is 0 Å². The molecule has 112 valence electrons. The summed E-state index contributed by atoms with van der Waals surface area (Å²) < 4.78 is 5.76. The van der Waals surface area contributed by atoms with Gasteiger partial charge in [-0.25, -0.2) is 0 Å². The van der Waals surface area contributed by atoms with Crippen LogP contribution in [0.15, 0.2) is 4.99 Å². The van der Waals surface area contributed by atoms with E-state index in [0.29, 0.717) is 0 Å². The van der Waals surface area contributed by atoms with Crippen molar-refractivity contribution in [3.8, 4) is 0 Å². The van der Waals surface area contributed by atoms with Gasteiger partial charge in [-0.1, -0.05) is 0 Å². The standard InChI is InChI=1S/C14H30N4O/c1-5-15-13(16-9-7-10-18(3)4)17-12-14(2)8-6-11-19-14/h5-12H2,1-4H3,(H2,15,16,17). The van der Waals surface area contributed by atoms with Gasteiger partial charge in [0, 0.05) is 19.7 Å². The Hall–Kier alpha value is -0.810. The Bertz CT molecular complexity index is 273. The topological polar surface area (TPSA) is 48.9 Å². The molecule has 0 bridgehead atoms. The maximum Gasteiger partial charge on any atom is 0.191 e. The highest BCUT2D eigenvalue weighted by molar-refractivity contribution is 5.79. The molecule has 1 unspecified atom stereocenters. The average Bonchev–Trinajstić information content (AvgIpc) is 2.78. The number of hydrogen-bond donors (Lipinski definition) is 2. The Morgan fingerprint density at radius 3 is 2.74 bits per heavy atom. The molecule has 1 fully saturated rings. The van der Waals surface area contributed by atoms with Crippen molar-refractivity contribution < 1.29 is 4.74 Å². The molecule has 0 aliphatic carbocycles. The largest absolute Gasteiger partial charge is 0.373 e. The van der Waals surface area contributed by atoms with Crippen LogP contribution in [0.25, 0.3) is 0 Å². The minimum atomic E-state index is -0.0635. The molecule has 1 aliphatic rings. The lowest BCUT2D eigenvalue weighted by molar-refractivity contribution is 0.0283. The van der Waals surface area contributed by atoms with Crippen molar-refractivity contribution in [1.29, 1.82) is 0 Å². The highest BCUT2D eigenvalue weighted by Crippen LogP contribution is 2.24. The monoisotopic (exact) mass is 270 g/mol. The molecule has 0 saturated carbocycles. The van der Waals surface area contributed by atoms with Crippen LogP contribution in [0.4, 0.5) is 0 Å². The van der Waals surface area contributed by atoms with E-state index in [-0.39, 0.29) is 5.60 Å². The number of aliphatic imine (C=N–C) groups is 1. The van der Waals surface area contributed by atoms with Gasteiger partial charge in [0.2, 0.25) is 0 Å². The summed E-state index contributed by atoms with van der Waals surface area (Å²) in [5, 5.41) is 6.66. The maximum absolute atomic E-state index is 5.76. The van der Waals surface area contributed by atoms with Crippen molar-refractivity contribution in [3.63, 3.8) is 0 Å². The minimum Gasteiger partial charge on any atom is -0.373 e. The first-order valence-electron chi connectivity index (χ1n) is 7.36. The normalized spacial score (nSPS) is 23.9. The van der Waals surface area contributed by atoms with Crippen molar-refractivity contribution in [2.75, 3.05) is 46.9 Å². The van der Waals surface area contributed by atoms with Gasteiger partial charge in [0.25, 0.3) is 0 Å². The zero-order chi connectivity index (χ0) is 14.1. The lowest BCUT2D eigenvalue weighted by atomic mass is 10.0. The molecule has 0 radical (unpaired) electrons. The predicted octanol–water partition coefficient (Wildman–Crippen LogP) is 1.06. The fourth-order valence-electron chi connectivity index (χ4n) is 2.15. The molecule has 0 aromatic rings. The summed E-state index contributed by atoms with van der Waals surface area (Å²) in [4.78, 5) is 6.83. The fraction of sp³-hybridized carbons (Fsp3) is 0.929. The molecule has 0 aromatic heterocycles. The van der Waals surface area contributed by atoms with E-state index in [2.05, 4.69) is 48.5 Å². The van der Waals surface area contributed by atoms with Crippen LogP contribution < -0.4 is 10.6 Å². The highest BCUT2D eigenvalue weighted by atomic mass is 16.5. The van der Waals surface area contributed by atoms with Gasteiger partial charge in [0.15, 0.2) is 5.96 Å². The zero-order valence-electron chi connectivity index (χ0n) is 13.0. The Labute approximate surface area is 117 Å². The number of ether oxygens (including phenoxy) is 1. The third-order valence-corrected chi connectivity index (χ3v) is 3.29. The van der Waals surface area contributed by atoms with Crippen LogP contribution >= 0.6 is 0 Å². The quantitative estimate of drug-likeness (QED) is 0.413. The van der Waals surface area contributed by atoms with Crippen LogP contribution in [-0.2, 0) is 4.74 Å². The van der Waals surface area contributed by atoms with Gasteiger partial charge in [-0.2, -0.15) is 0 Å². The zero-order valence-corrected chi connectivity index (χ0v) is 13.0. The predicted molar refractivity (Wildman–Crippen MR) is 80.7 cm³/mol. The SMILES string of the molecule is CCNC(=NCC1(C)CCCO1)NCCCN(C)C. The van der Waals surface area contributed by atoms with E-state index in [4.69, 9.17) is 4.74 Å². The van der Waals surface area contributed by atoms with Crippen LogP contribution in [0.2, 0.25) is 0 Å². The smallest absolute Gasteiger partial charge is 0.191 e. The van der Waals surface area contributed by atoms with Gasteiger partial charge >= 0.3 is 0 Å². The van der Waals surface area contributed by atoms with E-state index in [1.807, 2.05) is 0 Å². The summed E-state index contributed by atoms with van der Waals surface area (Å²) in [6.45, 7) is 8.77. The maximum atomic E-state index is 5.76. The second-order valence-electron chi connectivity index (χ2n) is 5.68. The number of guanidine groups is 1. The highest BCUT2D eigenvalue weighted by Gasteiger charge is 2.29. The van der Waals surface area contributed by atoms with Crippen molar-refractivity contribution in [2.24, 2.45) is 4.99 Å². The van der Waals surface area contributed by atoms with Gasteiger partial charge in [-0.05, 0) is 53.8 Å². The molecule has 2 N–H and O–H groups in total. The minimum absolute atomic E-state index is 0.0635. The third-order valence-electron chi connectivity index (χ3n) is 3.29. The van der Waals surface area contributed by atoms with Crippen molar-refractivity contribution in [2.45, 2.75) is 38.7 Å². The summed E-state index contributed by atoms with van der Waals surface area (Å²) in [7, 11) is 4.19. The summed E-state index contributed by atoms with van der Waals surface area (Å²) >= 11 is 0. The van der Waals surface area contributed by atoms with Gasteiger partial charge in [-0.3, -0.25) is 4.99 Å². The molecule has 1 aliphatic heterocycles. The van der Waals surface area contributed by atoms with Gasteiger partial charge in [0.05, 0.1) is 12.1 Å². The first-order chi connectivity index (χ1) is 9.06. The Balaban J connectivity index is 2.33. The number of hydrogen-bond acceptors (Lipinski definition) is 3. The molecule has 5 heteroatoms. The molecular weight excluding hydrogens is 240 g/mol. The third kappa shape index (κ3) is 6.78. The van der Waals surface area contributed by atoms with E-state index < -0.39 is 0 Å². The Kier molecular flexibility index (Phi) is 7.16. The van der Waals surface area contributed by atoms with E-state index in [9.17, 15) is 0 Å². The second kappa shape index (κ2) is 8.38. The molecular formula is C14H30N4O. The van der Waals surface area contributed by atoms with Crippen LogP contribution in [-0.4, -0.2) is 63.3 Å². The van der Waals surface area contributed by atoms with Crippen LogP contribution in [0.1, 0.15) is 33.1 Å². The molecule has 1 saturated heterocycles. The first kappa shape index (κ1) is 16.2. The van der Waals surface area contributed by atoms with Gasteiger partial charge in [-0.15, -0.1) is 0 Å². The second-order valence-corrected chi connectivity index (χ2v) is 5.68. The van der Waals surface area contributed by atoms with Crippen LogP contribution in [0.3, 0.4) is 0 Å². The van der Waals surface area contributed by atoms with E-state index >= 15 is 0 Å². The van der Waals surface area contributed by atoms with Crippen molar-refractivity contribution >= 4 is 5.96 Å². The molecule has 0 amide bonds. The lowest BCUT2D eigenvalue weighted by Crippen LogP contribution is -2.40. The van der Waals surface area contributed by atoms with Crippen LogP contribution in [0.5, 0.6) is 0 Å². The van der Waals surface area contributed by atoms with E-state index in [0.717, 1.165) is 58.0 Å². The number of nitrogens with zero attached hydrogens (tertiary/aromatic N) is 2. The number of nitrogens with one attached hydrogen (secondary N) is 2. The average molecular weight is 270 g/mol. The molecule has 1 rings (SSSR count). The fourth-order valence-corrected chi connectivity index (χ4v) is 2.15. The summed E-state index contributed by atoms with van der Waals surface area (Å²) in [5.41, 5.74) is -0.0635. The Morgan fingerprint density at radius 1 is 1.37 bits per heavy atom. The molecule has 0 aromatic carbocycles. The summed E-state index contributed by atoms with van der Waals surface area (Å²) in [6, 6.07) is 0. The van der Waals surface area contributed by atoms with E-state index in [1.54, 1.807) is 0 Å². The number of rotatable bonds is 7.